The Hall–Kier alpha value is -1.97. The molecule has 0 amide bonds. The number of rotatable bonds is 3. The van der Waals surface area contributed by atoms with Crippen molar-refractivity contribution < 1.29 is 4.79 Å². The van der Waals surface area contributed by atoms with E-state index in [9.17, 15) is 4.79 Å². The number of Topliss-reactive ketones (excluding diaryl/α,β-unsaturated/α-hetero) is 1. The zero-order valence-electron chi connectivity index (χ0n) is 9.34. The van der Waals surface area contributed by atoms with E-state index in [-0.39, 0.29) is 5.78 Å². The molecule has 0 aliphatic heterocycles. The molecule has 2 rings (SSSR count). The molecule has 2 aromatic rings. The second kappa shape index (κ2) is 4.26. The molecule has 0 unspecified atom stereocenters. The molecule has 1 aromatic heterocycles. The predicted molar refractivity (Wildman–Crippen MR) is 60.7 cm³/mol. The largest absolute Gasteiger partial charge is 0.293 e. The lowest BCUT2D eigenvalue weighted by Gasteiger charge is -2.04. The van der Waals surface area contributed by atoms with E-state index in [0.29, 0.717) is 5.69 Å². The number of aromatic nitrogens is 3. The molecule has 0 bridgehead atoms. The van der Waals surface area contributed by atoms with Crippen LogP contribution in [0.4, 0.5) is 0 Å². The Morgan fingerprint density at radius 1 is 1.31 bits per heavy atom. The minimum atomic E-state index is -0.0374. The Morgan fingerprint density at radius 3 is 2.56 bits per heavy atom. The topological polar surface area (TPSA) is 47.8 Å². The van der Waals surface area contributed by atoms with Gasteiger partial charge in [0.2, 0.25) is 0 Å². The fraction of sp³-hybridized carbons (Fsp3) is 0.250. The van der Waals surface area contributed by atoms with Crippen LogP contribution < -0.4 is 0 Å². The molecule has 0 saturated carbocycles. The second-order valence-electron chi connectivity index (χ2n) is 3.61. The summed E-state index contributed by atoms with van der Waals surface area (Å²) < 4.78 is 1.56. The third-order valence-corrected chi connectivity index (χ3v) is 2.50. The molecule has 0 saturated heterocycles. The van der Waals surface area contributed by atoms with Gasteiger partial charge in [-0.1, -0.05) is 24.3 Å². The van der Waals surface area contributed by atoms with Crippen molar-refractivity contribution in [2.24, 2.45) is 0 Å². The first kappa shape index (κ1) is 10.5. The summed E-state index contributed by atoms with van der Waals surface area (Å²) in [5.74, 6) is -0.0374. The lowest BCUT2D eigenvalue weighted by molar-refractivity contribution is 0.101. The number of hydrogen-bond donors (Lipinski definition) is 0. The zero-order valence-corrected chi connectivity index (χ0v) is 9.34. The molecule has 0 aliphatic carbocycles. The summed E-state index contributed by atoms with van der Waals surface area (Å²) in [4.78, 5) is 11.3. The monoisotopic (exact) mass is 215 g/mol. The molecule has 0 fully saturated rings. The van der Waals surface area contributed by atoms with Crippen molar-refractivity contribution >= 4 is 5.78 Å². The number of nitrogens with zero attached hydrogens (tertiary/aromatic N) is 3. The van der Waals surface area contributed by atoms with E-state index < -0.39 is 0 Å². The number of benzene rings is 1. The molecule has 1 aromatic carbocycles. The lowest BCUT2D eigenvalue weighted by Crippen LogP contribution is -2.05. The molecule has 0 N–H and O–H groups in total. The minimum Gasteiger partial charge on any atom is -0.293 e. The van der Waals surface area contributed by atoms with Gasteiger partial charge in [0.05, 0.1) is 11.9 Å². The minimum absolute atomic E-state index is 0.0374. The molecule has 0 spiro atoms. The van der Waals surface area contributed by atoms with E-state index in [1.807, 2.05) is 24.3 Å². The van der Waals surface area contributed by atoms with Crippen LogP contribution in [-0.4, -0.2) is 20.8 Å². The van der Waals surface area contributed by atoms with Crippen LogP contribution in [0.5, 0.6) is 0 Å². The summed E-state index contributed by atoms with van der Waals surface area (Å²) in [5, 5.41) is 7.66. The second-order valence-corrected chi connectivity index (χ2v) is 3.61. The van der Waals surface area contributed by atoms with E-state index in [1.165, 1.54) is 18.7 Å². The van der Waals surface area contributed by atoms with Crippen LogP contribution in [0.15, 0.2) is 30.5 Å². The van der Waals surface area contributed by atoms with Gasteiger partial charge >= 0.3 is 0 Å². The number of carbonyl (C=O) groups excluding carboxylic acids is 1. The summed E-state index contributed by atoms with van der Waals surface area (Å²) in [6, 6.07) is 7.95. The Morgan fingerprint density at radius 2 is 2.00 bits per heavy atom. The molecule has 4 nitrogen and oxygen atoms in total. The molecule has 0 radical (unpaired) electrons. The third-order valence-electron chi connectivity index (χ3n) is 2.50. The predicted octanol–water partition coefficient (Wildman–Crippen LogP) is 2.03. The van der Waals surface area contributed by atoms with E-state index >= 15 is 0 Å². The first-order valence-electron chi connectivity index (χ1n) is 5.23. The quantitative estimate of drug-likeness (QED) is 0.736. The maximum atomic E-state index is 11.3. The number of hydrogen-bond acceptors (Lipinski definition) is 3. The van der Waals surface area contributed by atoms with Crippen molar-refractivity contribution in [3.63, 3.8) is 0 Å². The smallest absolute Gasteiger partial charge is 0.179 e. The molecule has 0 aliphatic rings. The van der Waals surface area contributed by atoms with Gasteiger partial charge in [-0.25, -0.2) is 4.68 Å². The molecule has 1 heterocycles. The van der Waals surface area contributed by atoms with Crippen molar-refractivity contribution in [3.05, 3.63) is 41.7 Å². The summed E-state index contributed by atoms with van der Waals surface area (Å²) >= 11 is 0. The fourth-order valence-electron chi connectivity index (χ4n) is 1.54. The summed E-state index contributed by atoms with van der Waals surface area (Å²) in [5.41, 5.74) is 2.62. The van der Waals surface area contributed by atoms with Gasteiger partial charge in [0.15, 0.2) is 5.78 Å². The first-order valence-corrected chi connectivity index (χ1v) is 5.23. The van der Waals surface area contributed by atoms with Crippen LogP contribution in [0.3, 0.4) is 0 Å². The van der Waals surface area contributed by atoms with Crippen molar-refractivity contribution in [2.45, 2.75) is 20.3 Å². The molecule has 0 atom stereocenters. The number of carbonyl (C=O) groups is 1. The highest BCUT2D eigenvalue weighted by molar-refractivity contribution is 5.92. The summed E-state index contributed by atoms with van der Waals surface area (Å²) in [6.07, 6.45) is 2.48. The van der Waals surface area contributed by atoms with E-state index in [2.05, 4.69) is 17.2 Å². The highest BCUT2D eigenvalue weighted by Crippen LogP contribution is 2.11. The van der Waals surface area contributed by atoms with Crippen LogP contribution in [0, 0.1) is 0 Å². The van der Waals surface area contributed by atoms with Gasteiger partial charge in [-0.2, -0.15) is 0 Å². The average Bonchev–Trinajstić information content (AvgIpc) is 2.78. The molecular formula is C12H13N3O. The first-order chi connectivity index (χ1) is 7.72. The van der Waals surface area contributed by atoms with Crippen molar-refractivity contribution in [1.29, 1.82) is 0 Å². The van der Waals surface area contributed by atoms with Crippen LogP contribution >= 0.6 is 0 Å². The van der Waals surface area contributed by atoms with E-state index in [0.717, 1.165) is 12.1 Å². The number of ketones is 1. The standard InChI is InChI=1S/C12H13N3O/c1-3-10-4-6-11(7-5-10)15-12(9(2)16)8-13-14-15/h4-8H,3H2,1-2H3. The Bertz CT molecular complexity index is 499. The summed E-state index contributed by atoms with van der Waals surface area (Å²) in [6.45, 7) is 3.61. The fourth-order valence-corrected chi connectivity index (χ4v) is 1.54. The molecule has 4 heteroatoms. The Kier molecular flexibility index (Phi) is 2.81. The van der Waals surface area contributed by atoms with Gasteiger partial charge in [-0.15, -0.1) is 5.10 Å². The van der Waals surface area contributed by atoms with Gasteiger partial charge in [0, 0.05) is 6.92 Å². The van der Waals surface area contributed by atoms with Crippen LogP contribution in [0.25, 0.3) is 5.69 Å². The lowest BCUT2D eigenvalue weighted by atomic mass is 10.1. The summed E-state index contributed by atoms with van der Waals surface area (Å²) in [7, 11) is 0. The molecule has 16 heavy (non-hydrogen) atoms. The van der Waals surface area contributed by atoms with Gasteiger partial charge in [-0.05, 0) is 24.1 Å². The van der Waals surface area contributed by atoms with Crippen LogP contribution in [-0.2, 0) is 6.42 Å². The van der Waals surface area contributed by atoms with Gasteiger partial charge < -0.3 is 0 Å². The SMILES string of the molecule is CCc1ccc(-n2nncc2C(C)=O)cc1. The Labute approximate surface area is 93.9 Å². The highest BCUT2D eigenvalue weighted by atomic mass is 16.1. The van der Waals surface area contributed by atoms with Crippen molar-refractivity contribution in [2.75, 3.05) is 0 Å². The van der Waals surface area contributed by atoms with Crippen LogP contribution in [0.2, 0.25) is 0 Å². The third kappa shape index (κ3) is 1.86. The zero-order chi connectivity index (χ0) is 11.5. The van der Waals surface area contributed by atoms with Gasteiger partial charge in [0.25, 0.3) is 0 Å². The van der Waals surface area contributed by atoms with Crippen LogP contribution in [0.1, 0.15) is 29.9 Å². The maximum absolute atomic E-state index is 11.3. The normalized spacial score (nSPS) is 10.4. The molecule has 82 valence electrons. The number of aryl methyl sites for hydroxylation is 1. The van der Waals surface area contributed by atoms with Gasteiger partial charge in [0.1, 0.15) is 5.69 Å². The highest BCUT2D eigenvalue weighted by Gasteiger charge is 2.09. The average molecular weight is 215 g/mol. The van der Waals surface area contributed by atoms with Crippen molar-refractivity contribution in [1.82, 2.24) is 15.0 Å². The van der Waals surface area contributed by atoms with E-state index in [1.54, 1.807) is 4.68 Å². The Balaban J connectivity index is 2.42. The van der Waals surface area contributed by atoms with E-state index in [4.69, 9.17) is 0 Å². The van der Waals surface area contributed by atoms with Crippen molar-refractivity contribution in [3.8, 4) is 5.69 Å². The maximum Gasteiger partial charge on any atom is 0.179 e. The van der Waals surface area contributed by atoms with Gasteiger partial charge in [-0.3, -0.25) is 4.79 Å². The molecular weight excluding hydrogens is 202 g/mol.